The molecule has 2 amide bonds. The fourth-order valence-electron chi connectivity index (χ4n) is 6.69. The van der Waals surface area contributed by atoms with Gasteiger partial charge in [0.05, 0.1) is 0 Å². The number of benzene rings is 6. The van der Waals surface area contributed by atoms with Gasteiger partial charge in [-0.15, -0.1) is 69.1 Å². The summed E-state index contributed by atoms with van der Waals surface area (Å²) in [6, 6.07) is 60.7. The Morgan fingerprint density at radius 3 is 1.22 bits per heavy atom. The molecule has 0 saturated carbocycles. The zero-order valence-electron chi connectivity index (χ0n) is 33.2. The molecule has 8 aromatic carbocycles. The van der Waals surface area contributed by atoms with Gasteiger partial charge in [-0.25, -0.2) is 0 Å². The topological polar surface area (TPSA) is 58.2 Å². The van der Waals surface area contributed by atoms with Crippen molar-refractivity contribution in [1.82, 2.24) is 10.5 Å². The molecule has 0 heterocycles. The molecule has 8 aromatic rings. The number of fused-ring (bicyclic) bond motifs is 2. The van der Waals surface area contributed by atoms with Crippen LogP contribution in [0.15, 0.2) is 170 Å². The van der Waals surface area contributed by atoms with Crippen LogP contribution in [-0.2, 0) is 30.4 Å². The van der Waals surface area contributed by atoms with E-state index >= 15 is 0 Å². The van der Waals surface area contributed by atoms with Crippen LogP contribution in [-0.4, -0.2) is 19.4 Å². The Balaban J connectivity index is 0.000000169. The molecule has 0 atom stereocenters. The van der Waals surface area contributed by atoms with Crippen LogP contribution in [0.2, 0.25) is 0 Å². The first-order valence-corrected chi connectivity index (χ1v) is 25.6. The number of carbonyl (C=O) groups is 2. The van der Waals surface area contributed by atoms with Crippen molar-refractivity contribution in [2.24, 2.45) is 0 Å². The summed E-state index contributed by atoms with van der Waals surface area (Å²) in [5, 5.41) is 10.1. The molecule has 0 aliphatic heterocycles. The summed E-state index contributed by atoms with van der Waals surface area (Å²) in [6.45, 7) is 7.83. The molecule has 0 saturated heterocycles. The van der Waals surface area contributed by atoms with E-state index in [2.05, 4.69) is 194 Å². The first-order chi connectivity index (χ1) is 28.3. The van der Waals surface area contributed by atoms with Gasteiger partial charge in [0.2, 0.25) is 11.8 Å². The van der Waals surface area contributed by atoms with E-state index in [1.165, 1.54) is 84.7 Å². The molecule has 0 aromatic heterocycles. The Labute approximate surface area is 362 Å². The molecule has 8 heteroatoms. The van der Waals surface area contributed by atoms with Crippen LogP contribution in [0.25, 0.3) is 66.1 Å². The maximum atomic E-state index is 10.6. The molecule has 8 rings (SSSR count). The number of aryl methyl sites for hydroxylation is 2. The Hall–Kier alpha value is -4.99. The second-order valence-corrected chi connectivity index (χ2v) is 17.3. The molecule has 0 aliphatic carbocycles. The van der Waals surface area contributed by atoms with Gasteiger partial charge >= 0.3 is 45.4 Å². The van der Waals surface area contributed by atoms with Gasteiger partial charge in [-0.2, -0.15) is 0 Å². The molecular weight excluding hydrogens is 834 g/mol. The first kappa shape index (κ1) is 44.1. The standard InChI is InChI=1S/2C22H17.C6H12BN2O2.2ClH.Zr/c2*1-16-8-5-6-12-20(16)21-13-7-11-18-14-19(15-22(18)21)17-9-3-2-4-10-17;1-3-5(10)8-7-9-6(11)4-2;;;/h2*2-15H,1H3;3-4H2,1-2H3,(H,8,10)(H,9,11);2*1H;/q2*-1;;;;+4/p-2. The summed E-state index contributed by atoms with van der Waals surface area (Å²) in [5.74, 6) is -0.220. The van der Waals surface area contributed by atoms with Crippen molar-refractivity contribution in [3.8, 4) is 44.5 Å². The van der Waals surface area contributed by atoms with E-state index in [-0.39, 0.29) is 11.8 Å². The number of hydrogen-bond donors (Lipinski definition) is 2. The zero-order valence-corrected chi connectivity index (χ0v) is 37.2. The van der Waals surface area contributed by atoms with Crippen molar-refractivity contribution in [1.29, 1.82) is 0 Å². The molecule has 1 radical (unpaired) electrons. The number of rotatable bonds is 8. The molecule has 0 fully saturated rings. The van der Waals surface area contributed by atoms with E-state index in [1.807, 2.05) is 0 Å². The molecule has 0 bridgehead atoms. The summed E-state index contributed by atoms with van der Waals surface area (Å²) in [5.41, 5.74) is 13.0. The predicted molar refractivity (Wildman–Crippen MR) is 245 cm³/mol. The fourth-order valence-corrected chi connectivity index (χ4v) is 6.69. The van der Waals surface area contributed by atoms with Crippen LogP contribution >= 0.6 is 17.0 Å². The zero-order chi connectivity index (χ0) is 41.3. The summed E-state index contributed by atoms with van der Waals surface area (Å²) < 4.78 is 0. The van der Waals surface area contributed by atoms with Crippen LogP contribution < -0.4 is 10.5 Å². The Bertz CT molecular complexity index is 2360. The van der Waals surface area contributed by atoms with Gasteiger partial charge in [0.1, 0.15) is 0 Å². The number of amides is 2. The van der Waals surface area contributed by atoms with Gasteiger partial charge in [0.15, 0.2) is 0 Å². The van der Waals surface area contributed by atoms with E-state index in [9.17, 15) is 9.59 Å². The first-order valence-electron chi connectivity index (χ1n) is 19.3. The maximum absolute atomic E-state index is 10.6. The molecule has 58 heavy (non-hydrogen) atoms. The number of nitrogens with one attached hydrogen (secondary N) is 2. The monoisotopic (exact) mass is 877 g/mol. The fraction of sp³-hybridized carbons (Fsp3) is 0.120. The van der Waals surface area contributed by atoms with Crippen LogP contribution in [0.4, 0.5) is 0 Å². The summed E-state index contributed by atoms with van der Waals surface area (Å²) in [4.78, 5) is 21.2. The van der Waals surface area contributed by atoms with Crippen LogP contribution in [0, 0.1) is 13.8 Å². The van der Waals surface area contributed by atoms with Gasteiger partial charge in [-0.1, -0.05) is 170 Å². The van der Waals surface area contributed by atoms with E-state index in [1.54, 1.807) is 13.8 Å². The summed E-state index contributed by atoms with van der Waals surface area (Å²) in [7, 11) is 11.1. The molecule has 0 spiro atoms. The van der Waals surface area contributed by atoms with Crippen LogP contribution in [0.1, 0.15) is 37.8 Å². The Morgan fingerprint density at radius 2 is 0.862 bits per heavy atom. The predicted octanol–water partition coefficient (Wildman–Crippen LogP) is 13.4. The quantitative estimate of drug-likeness (QED) is 0.118. The van der Waals surface area contributed by atoms with Gasteiger partial charge in [-0.05, 0) is 36.1 Å². The van der Waals surface area contributed by atoms with Crippen LogP contribution in [0.5, 0.6) is 0 Å². The third-order valence-corrected chi connectivity index (χ3v) is 9.69. The van der Waals surface area contributed by atoms with Crippen molar-refractivity contribution in [2.75, 3.05) is 0 Å². The van der Waals surface area contributed by atoms with Crippen LogP contribution in [0.3, 0.4) is 0 Å². The number of hydrogen-bond acceptors (Lipinski definition) is 2. The van der Waals surface area contributed by atoms with E-state index < -0.39 is 20.8 Å². The number of carbonyl (C=O) groups excluding carboxylic acids is 2. The van der Waals surface area contributed by atoms with Gasteiger partial charge in [0.25, 0.3) is 0 Å². The Morgan fingerprint density at radius 1 is 0.517 bits per heavy atom. The normalized spacial score (nSPS) is 10.1. The average Bonchev–Trinajstić information content (AvgIpc) is 3.91. The summed E-state index contributed by atoms with van der Waals surface area (Å²) in [6.07, 6.45) is 0.830. The second-order valence-electron chi connectivity index (χ2n) is 13.5. The molecule has 0 unspecified atom stereocenters. The van der Waals surface area contributed by atoms with Crippen molar-refractivity contribution < 1.29 is 30.4 Å². The van der Waals surface area contributed by atoms with Crippen molar-refractivity contribution in [3.05, 3.63) is 181 Å². The Kier molecular flexibility index (Phi) is 17.4. The van der Waals surface area contributed by atoms with Crippen molar-refractivity contribution in [3.63, 3.8) is 0 Å². The molecular formula is C50H46BCl2N2O2Zr. The minimum atomic E-state index is -0.826. The number of halogens is 2. The average molecular weight is 880 g/mol. The van der Waals surface area contributed by atoms with E-state index in [0.717, 1.165) is 0 Å². The molecule has 289 valence electrons. The SMILES string of the molecule is CCC(=O)N[B]NC(=O)CC.Cc1ccccc1-c1cccc2[cH-]c(-c3ccccc3)cc12.Cc1ccccc1-c1cccc2[cH-]c(-c3ccccc3)cc12.[Cl][Zr+2][Cl]. The second kappa shape index (κ2) is 22.8. The third-order valence-electron chi connectivity index (χ3n) is 9.69. The van der Waals surface area contributed by atoms with E-state index in [0.29, 0.717) is 12.8 Å². The minimum absolute atomic E-state index is 0.110. The molecule has 2 N–H and O–H groups in total. The van der Waals surface area contributed by atoms with Crippen molar-refractivity contribution >= 4 is 57.9 Å². The van der Waals surface area contributed by atoms with Gasteiger partial charge in [0, 0.05) is 12.8 Å². The molecule has 4 nitrogen and oxygen atoms in total. The molecule has 0 aliphatic rings. The van der Waals surface area contributed by atoms with E-state index in [4.69, 9.17) is 17.0 Å². The third kappa shape index (κ3) is 12.0. The van der Waals surface area contributed by atoms with Gasteiger partial charge < -0.3 is 10.5 Å². The van der Waals surface area contributed by atoms with Gasteiger partial charge in [-0.3, -0.25) is 9.59 Å². The summed E-state index contributed by atoms with van der Waals surface area (Å²) >= 11 is -0.826. The van der Waals surface area contributed by atoms with Crippen molar-refractivity contribution in [2.45, 2.75) is 40.5 Å².